The van der Waals surface area contributed by atoms with Crippen LogP contribution in [0.5, 0.6) is 0 Å². The minimum absolute atomic E-state index is 0.0975. The maximum absolute atomic E-state index is 12.8. The first kappa shape index (κ1) is 20.7. The molecule has 1 fully saturated rings. The van der Waals surface area contributed by atoms with Crippen molar-refractivity contribution in [2.24, 2.45) is 0 Å². The number of nitrogens with one attached hydrogen (secondary N) is 1. The van der Waals surface area contributed by atoms with Crippen LogP contribution >= 0.6 is 15.9 Å². The molecule has 0 atom stereocenters. The third kappa shape index (κ3) is 4.45. The van der Waals surface area contributed by atoms with E-state index in [1.54, 1.807) is 10.7 Å². The molecule has 1 aliphatic heterocycles. The van der Waals surface area contributed by atoms with Crippen LogP contribution in [-0.4, -0.2) is 46.5 Å². The van der Waals surface area contributed by atoms with Crippen molar-refractivity contribution < 1.29 is 13.2 Å². The number of halogens is 1. The summed E-state index contributed by atoms with van der Waals surface area (Å²) in [5, 5.41) is 6.90. The fraction of sp³-hybridized carbons (Fsp3) is 0.250. The van der Waals surface area contributed by atoms with E-state index in [1.165, 1.54) is 22.8 Å². The molecule has 0 unspecified atom stereocenters. The lowest BCUT2D eigenvalue weighted by Gasteiger charge is -2.16. The smallest absolute Gasteiger partial charge is 0.259 e. The Morgan fingerprint density at radius 2 is 1.83 bits per heavy atom. The minimum Gasteiger partial charge on any atom is -0.289 e. The Bertz CT molecular complexity index is 1160. The Morgan fingerprint density at radius 1 is 1.10 bits per heavy atom. The molecular weight excluding hydrogens is 470 g/mol. The summed E-state index contributed by atoms with van der Waals surface area (Å²) in [6.07, 6.45) is 3.23. The first-order valence-electron chi connectivity index (χ1n) is 9.48. The second-order valence-corrected chi connectivity index (χ2v) is 9.75. The molecule has 0 aliphatic carbocycles. The molecule has 30 heavy (non-hydrogen) atoms. The summed E-state index contributed by atoms with van der Waals surface area (Å²) < 4.78 is 29.2. The van der Waals surface area contributed by atoms with Crippen LogP contribution in [0.15, 0.2) is 64.2 Å². The lowest BCUT2D eigenvalue weighted by molar-refractivity contribution is 0.102. The number of carbonyl (C=O) groups is 1. The average molecular weight is 490 g/mol. The van der Waals surface area contributed by atoms with E-state index in [0.717, 1.165) is 18.4 Å². The lowest BCUT2D eigenvalue weighted by atomic mass is 10.2. The molecule has 0 saturated carbocycles. The fourth-order valence-electron chi connectivity index (χ4n) is 3.28. The Balaban J connectivity index is 1.51. The number of amides is 1. The van der Waals surface area contributed by atoms with Gasteiger partial charge in [-0.05, 0) is 52.5 Å². The van der Waals surface area contributed by atoms with Gasteiger partial charge in [0.25, 0.3) is 5.91 Å². The molecule has 1 saturated heterocycles. The molecule has 1 N–H and O–H groups in total. The highest BCUT2D eigenvalue weighted by atomic mass is 79.9. The SMILES string of the molecule is O=C(Nc1ncn(Cc2ccccc2)n1)c1cc(S(=O)(=O)N2CCCC2)ccc1Br. The Kier molecular flexibility index (Phi) is 5.98. The number of aromatic nitrogens is 3. The second kappa shape index (κ2) is 8.66. The highest BCUT2D eigenvalue weighted by Gasteiger charge is 2.28. The topological polar surface area (TPSA) is 97.2 Å². The molecular formula is C20H20BrN5O3S. The van der Waals surface area contributed by atoms with E-state index in [1.807, 2.05) is 30.3 Å². The van der Waals surface area contributed by atoms with E-state index in [9.17, 15) is 13.2 Å². The second-order valence-electron chi connectivity index (χ2n) is 6.96. The van der Waals surface area contributed by atoms with E-state index in [2.05, 4.69) is 31.3 Å². The largest absolute Gasteiger partial charge is 0.289 e. The molecule has 0 radical (unpaired) electrons. The minimum atomic E-state index is -3.62. The van der Waals surface area contributed by atoms with E-state index < -0.39 is 15.9 Å². The zero-order chi connectivity index (χ0) is 21.1. The Morgan fingerprint density at radius 3 is 2.57 bits per heavy atom. The van der Waals surface area contributed by atoms with Crippen LogP contribution in [0, 0.1) is 0 Å². The third-order valence-corrected chi connectivity index (χ3v) is 7.42. The van der Waals surface area contributed by atoms with Gasteiger partial charge >= 0.3 is 0 Å². The fourth-order valence-corrected chi connectivity index (χ4v) is 5.25. The van der Waals surface area contributed by atoms with Crippen LogP contribution in [0.3, 0.4) is 0 Å². The Hall–Kier alpha value is -2.56. The van der Waals surface area contributed by atoms with Crippen molar-refractivity contribution in [1.29, 1.82) is 0 Å². The molecule has 156 valence electrons. The molecule has 0 bridgehead atoms. The number of hydrogen-bond donors (Lipinski definition) is 1. The van der Waals surface area contributed by atoms with Crippen molar-refractivity contribution in [2.75, 3.05) is 18.4 Å². The summed E-state index contributed by atoms with van der Waals surface area (Å²) >= 11 is 3.33. The summed E-state index contributed by atoms with van der Waals surface area (Å²) in [6, 6.07) is 14.2. The molecule has 2 aromatic carbocycles. The van der Waals surface area contributed by atoms with Crippen molar-refractivity contribution in [1.82, 2.24) is 19.1 Å². The molecule has 1 aromatic heterocycles. The first-order chi connectivity index (χ1) is 14.4. The van der Waals surface area contributed by atoms with Gasteiger partial charge in [-0.3, -0.25) is 10.1 Å². The van der Waals surface area contributed by atoms with E-state index in [-0.39, 0.29) is 16.4 Å². The monoisotopic (exact) mass is 489 g/mol. The number of anilines is 1. The molecule has 8 nitrogen and oxygen atoms in total. The van der Waals surface area contributed by atoms with Gasteiger partial charge in [0.1, 0.15) is 6.33 Å². The summed E-state index contributed by atoms with van der Waals surface area (Å²) in [7, 11) is -3.62. The van der Waals surface area contributed by atoms with Gasteiger partial charge in [-0.25, -0.2) is 18.1 Å². The normalized spacial score (nSPS) is 14.7. The van der Waals surface area contributed by atoms with Gasteiger partial charge in [-0.15, -0.1) is 5.10 Å². The van der Waals surface area contributed by atoms with Crippen LogP contribution in [-0.2, 0) is 16.6 Å². The zero-order valence-corrected chi connectivity index (χ0v) is 18.4. The number of hydrogen-bond acceptors (Lipinski definition) is 5. The molecule has 10 heteroatoms. The van der Waals surface area contributed by atoms with Gasteiger partial charge in [-0.2, -0.15) is 4.31 Å². The highest BCUT2D eigenvalue weighted by molar-refractivity contribution is 9.10. The highest BCUT2D eigenvalue weighted by Crippen LogP contribution is 2.26. The standard InChI is InChI=1S/C20H20BrN5O3S/c21-18-9-8-16(30(28,29)26-10-4-5-11-26)12-17(18)19(27)23-20-22-14-25(24-20)13-15-6-2-1-3-7-15/h1-3,6-9,12,14H,4-5,10-11,13H2,(H,23,24,27). The molecule has 1 aliphatic rings. The van der Waals surface area contributed by atoms with Gasteiger partial charge < -0.3 is 0 Å². The number of rotatable bonds is 6. The van der Waals surface area contributed by atoms with E-state index in [4.69, 9.17) is 0 Å². The number of sulfonamides is 1. The van der Waals surface area contributed by atoms with E-state index in [0.29, 0.717) is 24.1 Å². The van der Waals surface area contributed by atoms with Crippen LogP contribution < -0.4 is 5.32 Å². The van der Waals surface area contributed by atoms with Crippen LogP contribution in [0.4, 0.5) is 5.95 Å². The first-order valence-corrected chi connectivity index (χ1v) is 11.7. The van der Waals surface area contributed by atoms with Gasteiger partial charge in [0.15, 0.2) is 0 Å². The molecule has 1 amide bonds. The average Bonchev–Trinajstić information content (AvgIpc) is 3.42. The van der Waals surface area contributed by atoms with Gasteiger partial charge in [0.05, 0.1) is 17.0 Å². The molecule has 2 heterocycles. The van der Waals surface area contributed by atoms with Gasteiger partial charge in [0, 0.05) is 17.6 Å². The van der Waals surface area contributed by atoms with Crippen LogP contribution in [0.1, 0.15) is 28.8 Å². The van der Waals surface area contributed by atoms with E-state index >= 15 is 0 Å². The number of nitrogens with zero attached hydrogens (tertiary/aromatic N) is 4. The van der Waals surface area contributed by atoms with Crippen molar-refractivity contribution in [3.63, 3.8) is 0 Å². The zero-order valence-electron chi connectivity index (χ0n) is 16.0. The maximum Gasteiger partial charge on any atom is 0.259 e. The van der Waals surface area contributed by atoms with Crippen LogP contribution in [0.2, 0.25) is 0 Å². The summed E-state index contributed by atoms with van der Waals surface area (Å²) in [6.45, 7) is 1.53. The summed E-state index contributed by atoms with van der Waals surface area (Å²) in [4.78, 5) is 17.0. The summed E-state index contributed by atoms with van der Waals surface area (Å²) in [5.74, 6) is -0.339. The third-order valence-electron chi connectivity index (χ3n) is 4.83. The molecule has 3 aromatic rings. The predicted octanol–water partition coefficient (Wildman–Crippen LogP) is 3.13. The van der Waals surface area contributed by atoms with Gasteiger partial charge in [-0.1, -0.05) is 30.3 Å². The van der Waals surface area contributed by atoms with Crippen molar-refractivity contribution >= 4 is 37.8 Å². The number of benzene rings is 2. The predicted molar refractivity (Wildman–Crippen MR) is 116 cm³/mol. The number of carbonyl (C=O) groups excluding carboxylic acids is 1. The van der Waals surface area contributed by atoms with Crippen molar-refractivity contribution in [3.8, 4) is 0 Å². The van der Waals surface area contributed by atoms with Gasteiger partial charge in [0.2, 0.25) is 16.0 Å². The van der Waals surface area contributed by atoms with Crippen molar-refractivity contribution in [3.05, 3.63) is 70.5 Å². The maximum atomic E-state index is 12.8. The van der Waals surface area contributed by atoms with Crippen molar-refractivity contribution in [2.45, 2.75) is 24.3 Å². The van der Waals surface area contributed by atoms with Crippen LogP contribution in [0.25, 0.3) is 0 Å². The quantitative estimate of drug-likeness (QED) is 0.573. The Labute approximate surface area is 183 Å². The summed E-state index contributed by atoms with van der Waals surface area (Å²) in [5.41, 5.74) is 1.26. The lowest BCUT2D eigenvalue weighted by Crippen LogP contribution is -2.28. The molecule has 0 spiro atoms. The molecule has 4 rings (SSSR count).